The van der Waals surface area contributed by atoms with Crippen molar-refractivity contribution in [3.05, 3.63) is 83.6 Å². The fourth-order valence-corrected chi connectivity index (χ4v) is 3.09. The Morgan fingerprint density at radius 1 is 1.08 bits per heavy atom. The first-order valence-corrected chi connectivity index (χ1v) is 8.42. The highest BCUT2D eigenvalue weighted by Crippen LogP contribution is 2.46. The number of hydrogen-bond donors (Lipinski definition) is 0. The predicted molar refractivity (Wildman–Crippen MR) is 93.3 cm³/mol. The van der Waals surface area contributed by atoms with Gasteiger partial charge in [-0.3, -0.25) is 0 Å². The number of allylic oxidation sites excluding steroid dienone is 1. The largest absolute Gasteiger partial charge is 0.482 e. The molecule has 3 nitrogen and oxygen atoms in total. The van der Waals surface area contributed by atoms with Crippen LogP contribution in [0.5, 0.6) is 0 Å². The molecular formula is C21H22O3. The van der Waals surface area contributed by atoms with Gasteiger partial charge in [0.15, 0.2) is 5.60 Å². The van der Waals surface area contributed by atoms with Gasteiger partial charge in [-0.15, -0.1) is 0 Å². The monoisotopic (exact) mass is 322 g/mol. The molecule has 1 fully saturated rings. The molecular weight excluding hydrogens is 300 g/mol. The molecule has 0 atom stereocenters. The molecule has 0 unspecified atom stereocenters. The zero-order chi connectivity index (χ0) is 16.8. The zero-order valence-corrected chi connectivity index (χ0v) is 13.9. The molecule has 2 aromatic rings. The van der Waals surface area contributed by atoms with Crippen LogP contribution in [-0.4, -0.2) is 12.6 Å². The second kappa shape index (κ2) is 7.35. The van der Waals surface area contributed by atoms with Crippen LogP contribution in [0.4, 0.5) is 0 Å². The summed E-state index contributed by atoms with van der Waals surface area (Å²) in [5, 5.41) is 0. The van der Waals surface area contributed by atoms with E-state index < -0.39 is 5.60 Å². The highest BCUT2D eigenvalue weighted by Gasteiger charge is 2.41. The van der Waals surface area contributed by atoms with Crippen molar-refractivity contribution < 1.29 is 14.3 Å². The lowest BCUT2D eigenvalue weighted by atomic mass is 9.84. The van der Waals surface area contributed by atoms with Gasteiger partial charge in [0, 0.05) is 12.8 Å². The Bertz CT molecular complexity index is 665. The molecule has 0 radical (unpaired) electrons. The molecule has 0 N–H and O–H groups in total. The van der Waals surface area contributed by atoms with Crippen molar-refractivity contribution in [3.63, 3.8) is 0 Å². The first kappa shape index (κ1) is 16.3. The maximum absolute atomic E-state index is 11.9. The van der Waals surface area contributed by atoms with E-state index >= 15 is 0 Å². The second-order valence-electron chi connectivity index (χ2n) is 5.94. The van der Waals surface area contributed by atoms with Gasteiger partial charge in [0.05, 0.1) is 12.7 Å². The standard InChI is InChI=1S/C21H22O3/c1-2-15-23-20(22)16-19-13-14-21(24-19,17-9-5-3-6-10-17)18-11-7-4-8-12-18/h3-12,16H,2,13-15H2,1H3/b19-16-. The number of carbonyl (C=O) groups excluding carboxylic acids is 1. The molecule has 1 saturated heterocycles. The molecule has 0 aliphatic carbocycles. The normalized spacial score (nSPS) is 17.5. The molecule has 0 spiro atoms. The molecule has 3 rings (SSSR count). The number of hydrogen-bond acceptors (Lipinski definition) is 3. The van der Waals surface area contributed by atoms with E-state index in [4.69, 9.17) is 9.47 Å². The number of esters is 1. The van der Waals surface area contributed by atoms with Gasteiger partial charge in [0.2, 0.25) is 0 Å². The molecule has 3 heteroatoms. The second-order valence-corrected chi connectivity index (χ2v) is 5.94. The summed E-state index contributed by atoms with van der Waals surface area (Å²) in [5.41, 5.74) is 1.65. The van der Waals surface area contributed by atoms with E-state index in [1.807, 2.05) is 43.3 Å². The SMILES string of the molecule is CCCOC(=O)/C=C1/CCC(c2ccccc2)(c2ccccc2)O1. The molecule has 0 saturated carbocycles. The van der Waals surface area contributed by atoms with Crippen molar-refractivity contribution in [2.24, 2.45) is 0 Å². The summed E-state index contributed by atoms with van der Waals surface area (Å²) >= 11 is 0. The lowest BCUT2D eigenvalue weighted by Gasteiger charge is -2.30. The minimum Gasteiger partial charge on any atom is -0.482 e. The van der Waals surface area contributed by atoms with Gasteiger partial charge < -0.3 is 9.47 Å². The lowest BCUT2D eigenvalue weighted by molar-refractivity contribution is -0.138. The van der Waals surface area contributed by atoms with Crippen molar-refractivity contribution in [2.45, 2.75) is 31.8 Å². The molecule has 1 aliphatic rings. The van der Waals surface area contributed by atoms with Crippen LogP contribution in [0, 0.1) is 0 Å². The predicted octanol–water partition coefficient (Wildman–Crippen LogP) is 4.58. The highest BCUT2D eigenvalue weighted by molar-refractivity contribution is 5.82. The van der Waals surface area contributed by atoms with Gasteiger partial charge in [-0.2, -0.15) is 0 Å². The summed E-state index contributed by atoms with van der Waals surface area (Å²) in [7, 11) is 0. The molecule has 0 aromatic heterocycles. The molecule has 0 amide bonds. The summed E-state index contributed by atoms with van der Waals surface area (Å²) in [5.74, 6) is 0.354. The van der Waals surface area contributed by atoms with Gasteiger partial charge in [-0.1, -0.05) is 67.6 Å². The Morgan fingerprint density at radius 3 is 2.21 bits per heavy atom. The maximum Gasteiger partial charge on any atom is 0.334 e. The minimum atomic E-state index is -0.542. The summed E-state index contributed by atoms with van der Waals surface area (Å²) in [6.45, 7) is 2.41. The van der Waals surface area contributed by atoms with E-state index in [1.165, 1.54) is 6.08 Å². The van der Waals surface area contributed by atoms with Crippen LogP contribution in [0.25, 0.3) is 0 Å². The Morgan fingerprint density at radius 2 is 1.67 bits per heavy atom. The summed E-state index contributed by atoms with van der Waals surface area (Å²) in [4.78, 5) is 11.9. The smallest absolute Gasteiger partial charge is 0.334 e. The summed E-state index contributed by atoms with van der Waals surface area (Å²) < 4.78 is 11.5. The quantitative estimate of drug-likeness (QED) is 0.597. The van der Waals surface area contributed by atoms with E-state index in [9.17, 15) is 4.79 Å². The average Bonchev–Trinajstić information content (AvgIpc) is 3.06. The Balaban J connectivity index is 1.92. The summed E-state index contributed by atoms with van der Waals surface area (Å²) in [6, 6.07) is 20.3. The van der Waals surface area contributed by atoms with Crippen molar-refractivity contribution in [1.29, 1.82) is 0 Å². The van der Waals surface area contributed by atoms with Crippen molar-refractivity contribution >= 4 is 5.97 Å². The van der Waals surface area contributed by atoms with E-state index in [2.05, 4.69) is 24.3 Å². The number of benzene rings is 2. The Hall–Kier alpha value is -2.55. The molecule has 2 aromatic carbocycles. The van der Waals surface area contributed by atoms with Crippen LogP contribution in [0.2, 0.25) is 0 Å². The average molecular weight is 322 g/mol. The first-order chi connectivity index (χ1) is 11.7. The summed E-state index contributed by atoms with van der Waals surface area (Å²) in [6.07, 6.45) is 3.82. The molecule has 124 valence electrons. The van der Waals surface area contributed by atoms with Gasteiger partial charge >= 0.3 is 5.97 Å². The van der Waals surface area contributed by atoms with Crippen LogP contribution in [0.3, 0.4) is 0 Å². The van der Waals surface area contributed by atoms with E-state index in [-0.39, 0.29) is 5.97 Å². The van der Waals surface area contributed by atoms with E-state index in [0.29, 0.717) is 18.8 Å². The van der Waals surface area contributed by atoms with Crippen LogP contribution in [-0.2, 0) is 19.9 Å². The zero-order valence-electron chi connectivity index (χ0n) is 13.9. The van der Waals surface area contributed by atoms with Gasteiger partial charge in [0.25, 0.3) is 0 Å². The topological polar surface area (TPSA) is 35.5 Å². The number of rotatable bonds is 5. The molecule has 24 heavy (non-hydrogen) atoms. The van der Waals surface area contributed by atoms with Crippen LogP contribution >= 0.6 is 0 Å². The van der Waals surface area contributed by atoms with Crippen molar-refractivity contribution in [1.82, 2.24) is 0 Å². The number of carbonyl (C=O) groups is 1. The fraction of sp³-hybridized carbons (Fsp3) is 0.286. The fourth-order valence-electron chi connectivity index (χ4n) is 3.09. The van der Waals surface area contributed by atoms with Crippen molar-refractivity contribution in [3.8, 4) is 0 Å². The molecule has 1 heterocycles. The third-order valence-electron chi connectivity index (χ3n) is 4.24. The number of ether oxygens (including phenoxy) is 2. The van der Waals surface area contributed by atoms with Crippen LogP contribution in [0.1, 0.15) is 37.3 Å². The van der Waals surface area contributed by atoms with Gasteiger partial charge in [0.1, 0.15) is 5.76 Å². The first-order valence-electron chi connectivity index (χ1n) is 8.42. The lowest BCUT2D eigenvalue weighted by Crippen LogP contribution is -2.26. The van der Waals surface area contributed by atoms with Crippen LogP contribution < -0.4 is 0 Å². The Labute approximate surface area is 142 Å². The molecule has 1 aliphatic heterocycles. The Kier molecular flexibility index (Phi) is 4.99. The van der Waals surface area contributed by atoms with Gasteiger partial charge in [-0.25, -0.2) is 4.79 Å². The third kappa shape index (κ3) is 3.35. The van der Waals surface area contributed by atoms with Crippen LogP contribution in [0.15, 0.2) is 72.5 Å². The van der Waals surface area contributed by atoms with Crippen molar-refractivity contribution in [2.75, 3.05) is 6.61 Å². The van der Waals surface area contributed by atoms with E-state index in [0.717, 1.165) is 24.0 Å². The minimum absolute atomic E-state index is 0.330. The third-order valence-corrected chi connectivity index (χ3v) is 4.24. The van der Waals surface area contributed by atoms with E-state index in [1.54, 1.807) is 0 Å². The maximum atomic E-state index is 11.9. The molecule has 0 bridgehead atoms. The van der Waals surface area contributed by atoms with Gasteiger partial charge in [-0.05, 0) is 17.5 Å². The highest BCUT2D eigenvalue weighted by atomic mass is 16.5.